The Balaban J connectivity index is 0.00000147. The minimum atomic E-state index is 0. The molecule has 1 aromatic heterocycles. The Bertz CT molecular complexity index is 767. The van der Waals surface area contributed by atoms with Crippen LogP contribution in [0.2, 0.25) is 0 Å². The fraction of sp³-hybridized carbons (Fsp3) is 0.118. The van der Waals surface area contributed by atoms with E-state index in [1.165, 1.54) is 5.56 Å². The number of hydrogen-bond donors (Lipinski definition) is 0. The largest absolute Gasteiger partial charge is 0.334 e. The number of aryl methyl sites for hydroxylation is 2. The van der Waals surface area contributed by atoms with Gasteiger partial charge in [-0.25, -0.2) is 5.57 Å². The van der Waals surface area contributed by atoms with Crippen LogP contribution in [0, 0.1) is 19.7 Å². The molecular weight excluding hydrogens is 321 g/mol. The Morgan fingerprint density at radius 1 is 1.20 bits per heavy atom. The number of para-hydroxylation sites is 1. The van der Waals surface area contributed by atoms with Gasteiger partial charge in [0.25, 0.3) is 0 Å². The normalized spacial score (nSPS) is 15.2. The zero-order valence-corrected chi connectivity index (χ0v) is 14.5. The number of benzene rings is 1. The van der Waals surface area contributed by atoms with Crippen molar-refractivity contribution >= 4 is 11.3 Å². The molecule has 1 aliphatic rings. The van der Waals surface area contributed by atoms with Gasteiger partial charge in [0.15, 0.2) is 0 Å². The summed E-state index contributed by atoms with van der Waals surface area (Å²) in [6.45, 7) is 7.83. The van der Waals surface area contributed by atoms with Crippen LogP contribution in [0.3, 0.4) is 0 Å². The van der Waals surface area contributed by atoms with E-state index in [1.807, 2.05) is 31.4 Å². The zero-order chi connectivity index (χ0) is 13.4. The van der Waals surface area contributed by atoms with Crippen molar-refractivity contribution in [1.29, 1.82) is 0 Å². The summed E-state index contributed by atoms with van der Waals surface area (Å²) in [5, 5.41) is 0. The smallest absolute Gasteiger partial charge is 0.221 e. The fourth-order valence-electron chi connectivity index (χ4n) is 2.46. The first kappa shape index (κ1) is 15.1. The summed E-state index contributed by atoms with van der Waals surface area (Å²) in [5.41, 5.74) is 5.50. The van der Waals surface area contributed by atoms with Gasteiger partial charge in [0, 0.05) is 38.4 Å². The van der Waals surface area contributed by atoms with E-state index in [-0.39, 0.29) is 32.7 Å². The third kappa shape index (κ3) is 2.39. The number of allylic oxidation sites excluding steroid dienone is 2. The Morgan fingerprint density at radius 3 is 2.70 bits per heavy atom. The van der Waals surface area contributed by atoms with E-state index in [2.05, 4.69) is 40.5 Å². The molecular formula is C17H15N2Y-. The maximum Gasteiger partial charge on any atom is 0.221 e. The van der Waals surface area contributed by atoms with Crippen LogP contribution < -0.4 is 10.1 Å². The maximum atomic E-state index is 5.72. The fourth-order valence-corrected chi connectivity index (χ4v) is 2.46. The average Bonchev–Trinajstić information content (AvgIpc) is 2.79. The van der Waals surface area contributed by atoms with Crippen LogP contribution in [-0.2, 0) is 39.8 Å². The Morgan fingerprint density at radius 2 is 2.00 bits per heavy atom. The minimum Gasteiger partial charge on any atom is -0.334 e. The van der Waals surface area contributed by atoms with Crippen LogP contribution >= 0.6 is 0 Å². The predicted molar refractivity (Wildman–Crippen MR) is 77.0 cm³/mol. The molecule has 1 aromatic carbocycles. The molecule has 1 aliphatic heterocycles. The quantitative estimate of drug-likeness (QED) is 0.559. The molecule has 97 valence electrons. The van der Waals surface area contributed by atoms with Crippen molar-refractivity contribution < 1.29 is 32.7 Å². The van der Waals surface area contributed by atoms with Crippen molar-refractivity contribution in [2.75, 3.05) is 0 Å². The van der Waals surface area contributed by atoms with Crippen molar-refractivity contribution in [1.82, 2.24) is 9.14 Å². The van der Waals surface area contributed by atoms with E-state index < -0.39 is 0 Å². The molecule has 0 aliphatic carbocycles. The monoisotopic (exact) mass is 336 g/mol. The molecule has 20 heavy (non-hydrogen) atoms. The molecule has 0 spiro atoms. The number of hydrogen-bond acceptors (Lipinski definition) is 0. The summed E-state index contributed by atoms with van der Waals surface area (Å²) in [7, 11) is 2.03. The second-order valence-electron chi connectivity index (χ2n) is 4.67. The molecule has 0 fully saturated rings. The van der Waals surface area contributed by atoms with Crippen LogP contribution in [0.25, 0.3) is 5.57 Å². The summed E-state index contributed by atoms with van der Waals surface area (Å²) in [6.07, 6.45) is 6.99. The Kier molecular flexibility index (Phi) is 4.57. The van der Waals surface area contributed by atoms with E-state index >= 15 is 0 Å². The summed E-state index contributed by atoms with van der Waals surface area (Å²) in [4.78, 5) is 0. The van der Waals surface area contributed by atoms with E-state index in [4.69, 9.17) is 6.58 Å². The van der Waals surface area contributed by atoms with Crippen molar-refractivity contribution in [2.45, 2.75) is 6.92 Å². The van der Waals surface area contributed by atoms with Gasteiger partial charge in [0.2, 0.25) is 5.49 Å². The van der Waals surface area contributed by atoms with Crippen LogP contribution in [0.15, 0.2) is 48.7 Å². The first-order valence-corrected chi connectivity index (χ1v) is 6.25. The van der Waals surface area contributed by atoms with Crippen molar-refractivity contribution in [3.8, 4) is 0 Å². The third-order valence-electron chi connectivity index (χ3n) is 3.41. The number of rotatable bonds is 1. The average molecular weight is 336 g/mol. The first-order chi connectivity index (χ1) is 9.22. The van der Waals surface area contributed by atoms with Gasteiger partial charge in [-0.15, -0.1) is 11.6 Å². The minimum absolute atomic E-state index is 0. The second kappa shape index (κ2) is 6.03. The van der Waals surface area contributed by atoms with Gasteiger partial charge >= 0.3 is 0 Å². The van der Waals surface area contributed by atoms with Crippen LogP contribution in [0.5, 0.6) is 0 Å². The second-order valence-corrected chi connectivity index (χ2v) is 4.67. The number of nitrogens with zero attached hydrogens (tertiary/aromatic N) is 2. The van der Waals surface area contributed by atoms with Gasteiger partial charge in [-0.1, -0.05) is 18.2 Å². The summed E-state index contributed by atoms with van der Waals surface area (Å²) < 4.78 is 4.14. The van der Waals surface area contributed by atoms with E-state index in [1.54, 1.807) is 6.08 Å². The molecule has 0 amide bonds. The molecule has 0 N–H and O–H groups in total. The summed E-state index contributed by atoms with van der Waals surface area (Å²) in [5.74, 6) is 0. The van der Waals surface area contributed by atoms with Crippen LogP contribution in [-0.4, -0.2) is 4.57 Å². The standard InChI is InChI=1S/C17H15N2.Y/c1-4-14-12-19(16-10-5-6-11-18(16)3)17-13(2)8-7-9-15(14)17;/h1,4-11H,2-3H3;/q-1;. The molecule has 3 rings (SSSR count). The van der Waals surface area contributed by atoms with Gasteiger partial charge in [-0.3, -0.25) is 10.6 Å². The molecule has 2 nitrogen and oxygen atoms in total. The zero-order valence-electron chi connectivity index (χ0n) is 11.7. The number of pyridine rings is 1. The maximum absolute atomic E-state index is 5.72. The molecule has 0 atom stereocenters. The van der Waals surface area contributed by atoms with Crippen molar-refractivity contribution in [2.24, 2.45) is 7.05 Å². The summed E-state index contributed by atoms with van der Waals surface area (Å²) in [6, 6.07) is 12.3. The van der Waals surface area contributed by atoms with Gasteiger partial charge in [0.1, 0.15) is 0 Å². The van der Waals surface area contributed by atoms with Crippen molar-refractivity contribution in [3.63, 3.8) is 0 Å². The number of fused-ring (bicyclic) bond motifs is 1. The Hall–Kier alpha value is -1.25. The SMILES string of the molecule is [CH-]=CC1=[C-][N+](=c2ccccn2C)c2c(C)cccc21.[Y]. The molecule has 0 bridgehead atoms. The van der Waals surface area contributed by atoms with Gasteiger partial charge < -0.3 is 11.2 Å². The predicted octanol–water partition coefficient (Wildman–Crippen LogP) is 2.58. The van der Waals surface area contributed by atoms with E-state index in [0.717, 1.165) is 22.3 Å². The molecule has 0 saturated heterocycles. The van der Waals surface area contributed by atoms with E-state index in [0.29, 0.717) is 0 Å². The van der Waals surface area contributed by atoms with Gasteiger partial charge in [-0.2, -0.15) is 0 Å². The van der Waals surface area contributed by atoms with Crippen LogP contribution in [0.1, 0.15) is 11.1 Å². The molecule has 1 radical (unpaired) electrons. The topological polar surface area (TPSA) is 7.94 Å². The molecule has 2 aromatic rings. The molecule has 3 heteroatoms. The van der Waals surface area contributed by atoms with E-state index in [9.17, 15) is 0 Å². The summed E-state index contributed by atoms with van der Waals surface area (Å²) >= 11 is 0. The molecule has 0 unspecified atom stereocenters. The first-order valence-electron chi connectivity index (χ1n) is 6.25. The van der Waals surface area contributed by atoms with Gasteiger partial charge in [-0.05, 0) is 30.8 Å². The molecule has 0 saturated carbocycles. The van der Waals surface area contributed by atoms with Gasteiger partial charge in [0.05, 0.1) is 13.2 Å². The third-order valence-corrected chi connectivity index (χ3v) is 3.41. The Labute approximate surface area is 144 Å². The number of aromatic nitrogens is 1. The van der Waals surface area contributed by atoms with Crippen molar-refractivity contribution in [3.05, 3.63) is 78.1 Å². The molecule has 2 heterocycles. The van der Waals surface area contributed by atoms with Crippen LogP contribution in [0.4, 0.5) is 5.69 Å².